The minimum atomic E-state index is -4.22. The van der Waals surface area contributed by atoms with E-state index in [0.717, 1.165) is 18.7 Å². The van der Waals surface area contributed by atoms with E-state index in [-0.39, 0.29) is 4.90 Å². The second-order valence-electron chi connectivity index (χ2n) is 6.26. The van der Waals surface area contributed by atoms with Gasteiger partial charge in [-0.25, -0.2) is 4.98 Å². The average molecular weight is 432 g/mol. The molecule has 0 atom stereocenters. The van der Waals surface area contributed by atoms with Crippen molar-refractivity contribution in [1.82, 2.24) is 15.2 Å². The molecule has 0 saturated carbocycles. The van der Waals surface area contributed by atoms with Gasteiger partial charge in [-0.15, -0.1) is 11.3 Å². The Morgan fingerprint density at radius 3 is 2.48 bits per heavy atom. The second kappa shape index (κ2) is 8.70. The van der Waals surface area contributed by atoms with Crippen LogP contribution in [0.25, 0.3) is 20.8 Å². The van der Waals surface area contributed by atoms with Crippen molar-refractivity contribution < 1.29 is 13.0 Å². The standard InChI is InChI=1S/C11H10N4O3S2.C8H11N/c1-5-9(10(12)15-14-5)11-13-7-3-2-6(20(16,17)18)4-8(7)19-11;9-7-6-8-4-2-1-3-5-8/h2-4H,1H3,(H3,12,14,15)(H,16,17,18);1-5H,6-7,9H2. The van der Waals surface area contributed by atoms with Crippen LogP contribution < -0.4 is 11.5 Å². The van der Waals surface area contributed by atoms with Crippen molar-refractivity contribution in [3.63, 3.8) is 0 Å². The van der Waals surface area contributed by atoms with E-state index in [0.29, 0.717) is 26.6 Å². The third-order valence-corrected chi connectivity index (χ3v) is 6.01. The number of nitrogens with zero attached hydrogens (tertiary/aromatic N) is 2. The summed E-state index contributed by atoms with van der Waals surface area (Å²) < 4.78 is 31.9. The van der Waals surface area contributed by atoms with Crippen molar-refractivity contribution in [2.75, 3.05) is 12.3 Å². The Bertz CT molecular complexity index is 1200. The molecule has 2 heterocycles. The van der Waals surface area contributed by atoms with E-state index in [4.69, 9.17) is 16.0 Å². The summed E-state index contributed by atoms with van der Waals surface area (Å²) >= 11 is 1.29. The van der Waals surface area contributed by atoms with E-state index in [1.165, 1.54) is 29.0 Å². The summed E-state index contributed by atoms with van der Waals surface area (Å²) in [4.78, 5) is 4.25. The minimum Gasteiger partial charge on any atom is -0.382 e. The Morgan fingerprint density at radius 2 is 1.90 bits per heavy atom. The molecular weight excluding hydrogens is 410 g/mol. The summed E-state index contributed by atoms with van der Waals surface area (Å²) in [6, 6.07) is 14.5. The zero-order valence-corrected chi connectivity index (χ0v) is 17.3. The fourth-order valence-electron chi connectivity index (χ4n) is 2.70. The molecular formula is C19H21N5O3S2. The van der Waals surface area contributed by atoms with E-state index in [1.807, 2.05) is 25.1 Å². The zero-order chi connectivity index (χ0) is 21.0. The Morgan fingerprint density at radius 1 is 1.17 bits per heavy atom. The molecule has 0 fully saturated rings. The molecule has 2 aromatic heterocycles. The van der Waals surface area contributed by atoms with Crippen LogP contribution in [0.15, 0.2) is 53.4 Å². The number of rotatable bonds is 4. The van der Waals surface area contributed by atoms with Crippen molar-refractivity contribution in [2.45, 2.75) is 18.2 Å². The first-order chi connectivity index (χ1) is 13.8. The van der Waals surface area contributed by atoms with Crippen LogP contribution in [0.1, 0.15) is 11.3 Å². The Balaban J connectivity index is 0.000000224. The summed E-state index contributed by atoms with van der Waals surface area (Å²) in [6.07, 6.45) is 0.987. The van der Waals surface area contributed by atoms with Gasteiger partial charge in [0.1, 0.15) is 5.01 Å². The molecule has 4 rings (SSSR count). The van der Waals surface area contributed by atoms with Gasteiger partial charge in [-0.3, -0.25) is 9.65 Å². The van der Waals surface area contributed by atoms with Crippen molar-refractivity contribution in [2.24, 2.45) is 5.73 Å². The fourth-order valence-corrected chi connectivity index (χ4v) is 4.40. The maximum Gasteiger partial charge on any atom is 0.294 e. The summed E-state index contributed by atoms with van der Waals surface area (Å²) in [6.45, 7) is 2.57. The topological polar surface area (TPSA) is 148 Å². The number of hydrogen-bond acceptors (Lipinski definition) is 7. The van der Waals surface area contributed by atoms with Gasteiger partial charge in [0.25, 0.3) is 10.1 Å². The van der Waals surface area contributed by atoms with E-state index in [9.17, 15) is 8.42 Å². The highest BCUT2D eigenvalue weighted by Gasteiger charge is 2.16. The number of nitrogen functional groups attached to an aromatic ring is 1. The van der Waals surface area contributed by atoms with Crippen LogP contribution in [0.4, 0.5) is 5.82 Å². The molecule has 2 aromatic carbocycles. The van der Waals surface area contributed by atoms with Gasteiger partial charge in [0.15, 0.2) is 5.82 Å². The molecule has 8 nitrogen and oxygen atoms in total. The van der Waals surface area contributed by atoms with Gasteiger partial charge in [0.05, 0.1) is 20.7 Å². The van der Waals surface area contributed by atoms with Crippen molar-refractivity contribution in [3.8, 4) is 10.6 Å². The highest BCUT2D eigenvalue weighted by atomic mass is 32.2. The lowest BCUT2D eigenvalue weighted by Gasteiger charge is -1.94. The number of thiazole rings is 1. The maximum atomic E-state index is 11.1. The predicted octanol–water partition coefficient (Wildman–Crippen LogP) is 3.01. The summed E-state index contributed by atoms with van der Waals surface area (Å²) in [5, 5.41) is 7.32. The fraction of sp³-hybridized carbons (Fsp3) is 0.158. The van der Waals surface area contributed by atoms with Gasteiger partial charge in [0, 0.05) is 5.69 Å². The monoisotopic (exact) mass is 431 g/mol. The van der Waals surface area contributed by atoms with E-state index in [2.05, 4.69) is 27.3 Å². The quantitative estimate of drug-likeness (QED) is 0.363. The first-order valence-corrected chi connectivity index (χ1v) is 11.0. The smallest absolute Gasteiger partial charge is 0.294 e. The first kappa shape index (κ1) is 20.9. The second-order valence-corrected chi connectivity index (χ2v) is 8.71. The van der Waals surface area contributed by atoms with Gasteiger partial charge in [-0.05, 0) is 43.7 Å². The normalized spacial score (nSPS) is 11.3. The van der Waals surface area contributed by atoms with Crippen LogP contribution in [0.5, 0.6) is 0 Å². The van der Waals surface area contributed by atoms with Gasteiger partial charge in [-0.2, -0.15) is 13.5 Å². The van der Waals surface area contributed by atoms with Gasteiger partial charge >= 0.3 is 0 Å². The largest absolute Gasteiger partial charge is 0.382 e. The van der Waals surface area contributed by atoms with Crippen LogP contribution in [-0.2, 0) is 16.5 Å². The van der Waals surface area contributed by atoms with Crippen LogP contribution >= 0.6 is 11.3 Å². The summed E-state index contributed by atoms with van der Waals surface area (Å²) in [7, 11) is -4.22. The number of anilines is 1. The number of nitrogens with two attached hydrogens (primary N) is 2. The molecule has 152 valence electrons. The Hall–Kier alpha value is -2.79. The lowest BCUT2D eigenvalue weighted by molar-refractivity contribution is 0.483. The SMILES string of the molecule is Cc1[nH]nc(N)c1-c1nc2ccc(S(=O)(=O)O)cc2s1.NCCc1ccccc1. The molecule has 0 unspecified atom stereocenters. The number of H-pyrrole nitrogens is 1. The Kier molecular flexibility index (Phi) is 6.28. The number of aromatic nitrogens is 3. The Labute approximate surface area is 172 Å². The third kappa shape index (κ3) is 4.98. The summed E-state index contributed by atoms with van der Waals surface area (Å²) in [5.74, 6) is 0.344. The molecule has 0 amide bonds. The van der Waals surface area contributed by atoms with E-state index in [1.54, 1.807) is 6.07 Å². The molecule has 0 radical (unpaired) electrons. The molecule has 10 heteroatoms. The minimum absolute atomic E-state index is 0.155. The van der Waals surface area contributed by atoms with Crippen molar-refractivity contribution in [3.05, 3.63) is 59.8 Å². The average Bonchev–Trinajstić information content (AvgIpc) is 3.24. The third-order valence-electron chi connectivity index (χ3n) is 4.12. The van der Waals surface area contributed by atoms with Crippen LogP contribution in [-0.4, -0.2) is 34.7 Å². The van der Waals surface area contributed by atoms with Crippen LogP contribution in [0, 0.1) is 6.92 Å². The number of benzene rings is 2. The lowest BCUT2D eigenvalue weighted by Crippen LogP contribution is -2.01. The molecule has 0 aliphatic heterocycles. The van der Waals surface area contributed by atoms with Gasteiger partial charge in [-0.1, -0.05) is 30.3 Å². The molecule has 0 spiro atoms. The van der Waals surface area contributed by atoms with E-state index >= 15 is 0 Å². The molecule has 0 saturated heterocycles. The highest BCUT2D eigenvalue weighted by Crippen LogP contribution is 2.35. The predicted molar refractivity (Wildman–Crippen MR) is 115 cm³/mol. The van der Waals surface area contributed by atoms with Crippen molar-refractivity contribution in [1.29, 1.82) is 0 Å². The van der Waals surface area contributed by atoms with Gasteiger partial charge in [0.2, 0.25) is 0 Å². The van der Waals surface area contributed by atoms with Crippen molar-refractivity contribution >= 4 is 37.5 Å². The lowest BCUT2D eigenvalue weighted by atomic mass is 10.2. The molecule has 0 aliphatic rings. The highest BCUT2D eigenvalue weighted by molar-refractivity contribution is 7.85. The van der Waals surface area contributed by atoms with Crippen LogP contribution in [0.3, 0.4) is 0 Å². The number of aromatic amines is 1. The first-order valence-electron chi connectivity index (χ1n) is 8.72. The molecule has 6 N–H and O–H groups in total. The van der Waals surface area contributed by atoms with Gasteiger partial charge < -0.3 is 11.5 Å². The summed E-state index contributed by atoms with van der Waals surface area (Å²) in [5.41, 5.74) is 14.6. The number of fused-ring (bicyclic) bond motifs is 1. The van der Waals surface area contributed by atoms with Crippen LogP contribution in [0.2, 0.25) is 0 Å². The maximum absolute atomic E-state index is 11.1. The molecule has 29 heavy (non-hydrogen) atoms. The molecule has 0 aliphatic carbocycles. The number of nitrogens with one attached hydrogen (secondary N) is 1. The number of hydrogen-bond donors (Lipinski definition) is 4. The molecule has 4 aromatic rings. The van der Waals surface area contributed by atoms with E-state index < -0.39 is 10.1 Å². The number of aryl methyl sites for hydroxylation is 1. The zero-order valence-electron chi connectivity index (χ0n) is 15.7. The molecule has 0 bridgehead atoms.